The smallest absolute Gasteiger partial charge is 0.408 e. The maximum atomic E-state index is 12.7. The van der Waals surface area contributed by atoms with E-state index in [2.05, 4.69) is 5.32 Å². The van der Waals surface area contributed by atoms with Crippen molar-refractivity contribution >= 4 is 18.0 Å². The molecule has 132 valence electrons. The third-order valence-electron chi connectivity index (χ3n) is 3.52. The molecule has 0 bridgehead atoms. The second-order valence-electron chi connectivity index (χ2n) is 7.36. The molecule has 0 aromatic carbocycles. The monoisotopic (exact) mass is 328 g/mol. The molecule has 7 nitrogen and oxygen atoms in total. The third kappa shape index (κ3) is 6.08. The number of aliphatic carboxylic acids is 1. The summed E-state index contributed by atoms with van der Waals surface area (Å²) in [5, 5.41) is 11.8. The Kier molecular flexibility index (Phi) is 6.41. The molecule has 7 heteroatoms. The molecule has 1 aliphatic heterocycles. The van der Waals surface area contributed by atoms with Gasteiger partial charge in [-0.25, -0.2) is 9.59 Å². The SMILES string of the molecule is CC(C)C[C@H](NC(=O)OC(C)(C)C)C(=O)N1CCC[C@@H]1C(=O)O. The number of carboxylic acids is 1. The lowest BCUT2D eigenvalue weighted by Crippen LogP contribution is -2.52. The van der Waals surface area contributed by atoms with Crippen LogP contribution in [0.15, 0.2) is 0 Å². The minimum absolute atomic E-state index is 0.171. The number of carbonyl (C=O) groups is 3. The van der Waals surface area contributed by atoms with Crippen molar-refractivity contribution in [3.05, 3.63) is 0 Å². The molecule has 1 heterocycles. The molecule has 0 radical (unpaired) electrons. The van der Waals surface area contributed by atoms with Gasteiger partial charge in [-0.2, -0.15) is 0 Å². The van der Waals surface area contributed by atoms with E-state index in [0.717, 1.165) is 0 Å². The van der Waals surface area contributed by atoms with E-state index in [-0.39, 0.29) is 11.8 Å². The van der Waals surface area contributed by atoms with Crippen LogP contribution in [0.25, 0.3) is 0 Å². The molecule has 0 aromatic heterocycles. The Labute approximate surface area is 137 Å². The van der Waals surface area contributed by atoms with Gasteiger partial charge in [-0.3, -0.25) is 4.79 Å². The molecule has 2 N–H and O–H groups in total. The molecule has 23 heavy (non-hydrogen) atoms. The highest BCUT2D eigenvalue weighted by Crippen LogP contribution is 2.20. The Balaban J connectivity index is 2.82. The normalized spacial score (nSPS) is 19.6. The zero-order valence-corrected chi connectivity index (χ0v) is 14.6. The lowest BCUT2D eigenvalue weighted by atomic mass is 10.0. The summed E-state index contributed by atoms with van der Waals surface area (Å²) in [6.45, 7) is 9.51. The van der Waals surface area contributed by atoms with Gasteiger partial charge >= 0.3 is 12.1 Å². The van der Waals surface area contributed by atoms with E-state index in [4.69, 9.17) is 4.74 Å². The first-order chi connectivity index (χ1) is 10.5. The highest BCUT2D eigenvalue weighted by molar-refractivity contribution is 5.89. The van der Waals surface area contributed by atoms with Crippen LogP contribution in [0.4, 0.5) is 4.79 Å². The fourth-order valence-electron chi connectivity index (χ4n) is 2.63. The van der Waals surface area contributed by atoms with E-state index in [0.29, 0.717) is 25.8 Å². The number of nitrogens with one attached hydrogen (secondary N) is 1. The number of amides is 2. The van der Waals surface area contributed by atoms with Gasteiger partial charge in [-0.1, -0.05) is 13.8 Å². The van der Waals surface area contributed by atoms with Crippen molar-refractivity contribution in [3.8, 4) is 0 Å². The predicted octanol–water partition coefficient (Wildman–Crippen LogP) is 2.00. The lowest BCUT2D eigenvalue weighted by Gasteiger charge is -2.29. The number of carbonyl (C=O) groups excluding carboxylic acids is 2. The Bertz CT molecular complexity index is 456. The number of hydrogen-bond donors (Lipinski definition) is 2. The van der Waals surface area contributed by atoms with E-state index in [9.17, 15) is 19.5 Å². The van der Waals surface area contributed by atoms with Crippen LogP contribution in [0.3, 0.4) is 0 Å². The van der Waals surface area contributed by atoms with Crippen molar-refractivity contribution in [1.82, 2.24) is 10.2 Å². The first kappa shape index (κ1) is 19.3. The second kappa shape index (κ2) is 7.66. The fourth-order valence-corrected chi connectivity index (χ4v) is 2.63. The Morgan fingerprint density at radius 1 is 1.30 bits per heavy atom. The highest BCUT2D eigenvalue weighted by Gasteiger charge is 2.38. The number of nitrogens with zero attached hydrogens (tertiary/aromatic N) is 1. The Hall–Kier alpha value is -1.79. The second-order valence-corrected chi connectivity index (χ2v) is 7.36. The van der Waals surface area contributed by atoms with Crippen LogP contribution in [-0.2, 0) is 14.3 Å². The van der Waals surface area contributed by atoms with Crippen molar-refractivity contribution < 1.29 is 24.2 Å². The number of rotatable bonds is 5. The van der Waals surface area contributed by atoms with E-state index in [1.54, 1.807) is 20.8 Å². The number of ether oxygens (including phenoxy) is 1. The van der Waals surface area contributed by atoms with Gasteiger partial charge < -0.3 is 20.1 Å². The molecule has 1 aliphatic rings. The average Bonchev–Trinajstić information content (AvgIpc) is 2.83. The molecule has 0 unspecified atom stereocenters. The molecule has 2 atom stereocenters. The van der Waals surface area contributed by atoms with Gasteiger partial charge in [0.2, 0.25) is 5.91 Å². The van der Waals surface area contributed by atoms with Gasteiger partial charge in [-0.05, 0) is 46.0 Å². The zero-order valence-electron chi connectivity index (χ0n) is 14.6. The van der Waals surface area contributed by atoms with Gasteiger partial charge in [0.05, 0.1) is 0 Å². The standard InChI is InChI=1S/C16H28N2O5/c1-10(2)9-11(17-15(22)23-16(3,4)5)13(19)18-8-6-7-12(18)14(20)21/h10-12H,6-9H2,1-5H3,(H,17,22)(H,20,21)/t11-,12+/m0/s1. The summed E-state index contributed by atoms with van der Waals surface area (Å²) in [7, 11) is 0. The van der Waals surface area contributed by atoms with E-state index in [1.807, 2.05) is 13.8 Å². The summed E-state index contributed by atoms with van der Waals surface area (Å²) in [4.78, 5) is 37.3. The number of likely N-dealkylation sites (tertiary alicyclic amines) is 1. The average molecular weight is 328 g/mol. The zero-order chi connectivity index (χ0) is 17.8. The summed E-state index contributed by atoms with van der Waals surface area (Å²) >= 11 is 0. The predicted molar refractivity (Wildman–Crippen MR) is 85.0 cm³/mol. The molecule has 2 amide bonds. The summed E-state index contributed by atoms with van der Waals surface area (Å²) < 4.78 is 5.20. The quantitative estimate of drug-likeness (QED) is 0.805. The molecular formula is C16H28N2O5. The first-order valence-corrected chi connectivity index (χ1v) is 8.04. The van der Waals surface area contributed by atoms with Crippen LogP contribution in [0.5, 0.6) is 0 Å². The lowest BCUT2D eigenvalue weighted by molar-refractivity contribution is -0.149. The molecule has 1 fully saturated rings. The van der Waals surface area contributed by atoms with Crippen molar-refractivity contribution in [2.45, 2.75) is 71.6 Å². The number of hydrogen-bond acceptors (Lipinski definition) is 4. The molecule has 0 spiro atoms. The van der Waals surface area contributed by atoms with Crippen LogP contribution < -0.4 is 5.32 Å². The van der Waals surface area contributed by atoms with E-state index >= 15 is 0 Å². The van der Waals surface area contributed by atoms with Crippen LogP contribution in [0, 0.1) is 5.92 Å². The van der Waals surface area contributed by atoms with Crippen molar-refractivity contribution in [1.29, 1.82) is 0 Å². The molecule has 1 rings (SSSR count). The van der Waals surface area contributed by atoms with Crippen LogP contribution in [0.2, 0.25) is 0 Å². The molecule has 0 saturated carbocycles. The van der Waals surface area contributed by atoms with Gasteiger partial charge in [0.15, 0.2) is 0 Å². The van der Waals surface area contributed by atoms with E-state index < -0.39 is 29.7 Å². The summed E-state index contributed by atoms with van der Waals surface area (Å²) in [5.74, 6) is -1.18. The molecule has 0 aliphatic carbocycles. The maximum absolute atomic E-state index is 12.7. The van der Waals surface area contributed by atoms with Crippen LogP contribution in [-0.4, -0.2) is 52.2 Å². The fraction of sp³-hybridized carbons (Fsp3) is 0.812. The summed E-state index contributed by atoms with van der Waals surface area (Å²) in [6.07, 6.45) is 0.870. The summed E-state index contributed by atoms with van der Waals surface area (Å²) in [6, 6.07) is -1.58. The molecular weight excluding hydrogens is 300 g/mol. The summed E-state index contributed by atoms with van der Waals surface area (Å²) in [5.41, 5.74) is -0.660. The molecule has 0 aromatic rings. The number of carboxylic acid groups (broad SMARTS) is 1. The largest absolute Gasteiger partial charge is 0.480 e. The van der Waals surface area contributed by atoms with Crippen molar-refractivity contribution in [3.63, 3.8) is 0 Å². The highest BCUT2D eigenvalue weighted by atomic mass is 16.6. The van der Waals surface area contributed by atoms with Crippen LogP contribution in [0.1, 0.15) is 53.9 Å². The minimum atomic E-state index is -1.00. The van der Waals surface area contributed by atoms with Gasteiger partial charge in [0.25, 0.3) is 0 Å². The van der Waals surface area contributed by atoms with Gasteiger partial charge in [0.1, 0.15) is 17.7 Å². The maximum Gasteiger partial charge on any atom is 0.408 e. The number of alkyl carbamates (subject to hydrolysis) is 1. The van der Waals surface area contributed by atoms with Crippen LogP contribution >= 0.6 is 0 Å². The third-order valence-corrected chi connectivity index (χ3v) is 3.52. The van der Waals surface area contributed by atoms with Crippen molar-refractivity contribution in [2.75, 3.05) is 6.54 Å². The topological polar surface area (TPSA) is 95.9 Å². The Morgan fingerprint density at radius 2 is 1.91 bits per heavy atom. The van der Waals surface area contributed by atoms with E-state index in [1.165, 1.54) is 4.90 Å². The molecule has 1 saturated heterocycles. The Morgan fingerprint density at radius 3 is 2.39 bits per heavy atom. The first-order valence-electron chi connectivity index (χ1n) is 8.04. The minimum Gasteiger partial charge on any atom is -0.480 e. The van der Waals surface area contributed by atoms with Crippen molar-refractivity contribution in [2.24, 2.45) is 5.92 Å². The van der Waals surface area contributed by atoms with Gasteiger partial charge in [0, 0.05) is 6.54 Å². The van der Waals surface area contributed by atoms with Gasteiger partial charge in [-0.15, -0.1) is 0 Å².